The highest BCUT2D eigenvalue weighted by atomic mass is 16.5. The van der Waals surface area contributed by atoms with Crippen molar-refractivity contribution in [1.82, 2.24) is 61.0 Å². The minimum absolute atomic E-state index is 0.0619. The van der Waals surface area contributed by atoms with Gasteiger partial charge in [0.25, 0.3) is 11.8 Å². The number of carboxylic acid groups (broad SMARTS) is 1. The number of likely N-dealkylation sites (N-methyl/N-ethyl adjacent to an activating group) is 2. The Labute approximate surface area is 560 Å². The van der Waals surface area contributed by atoms with E-state index in [9.17, 15) is 43.5 Å². The maximum absolute atomic E-state index is 13.5. The number of ether oxygens (including phenoxy) is 7. The number of rotatable bonds is 14. The lowest BCUT2D eigenvalue weighted by Crippen LogP contribution is -2.51. The number of benzene rings is 4. The number of amides is 6. The lowest BCUT2D eigenvalue weighted by molar-refractivity contribution is -0.145. The molecule has 10 rings (SSSR count). The Kier molecular flexibility index (Phi) is 28.3. The molecule has 32 nitrogen and oxygen atoms in total. The standard InChI is InChI=1S/C33H42N8O8.C32H40N8O8/c1-5-47-33-39-31-35-19-21-10-13-23(14-11-21)48-16-8-6-7-9-17-49-26-18-22(36-32(38-31)40-33)12-15-24(26)27(42)37-25(30(45)46-4)20-34-28(43)29(44)41(2)3;1-4-46-32-38-30-34-18-20-9-12-22(13-10-20)47-15-7-5-6-8-16-48-25-17-21(35-31(37-30)39-32)11-14-23(25)26(41)36-24(29(44)45)19-33-27(42)28(43)40(2)3/h10-15,18,25H,5-9,16-17,19-20H2,1-4H3,(H,34,43)(H,37,42)(H2,35,36,38,39,40);9-14,17,24H,4-8,15-16,18-19H2,1-3H3,(H,33,42)(H,36,41)(H,44,45)(H2,34,35,37,38,39)/t25-;24-/m00/s1. The van der Waals surface area contributed by atoms with Crippen LogP contribution in [0.2, 0.25) is 0 Å². The molecule has 6 amide bonds. The van der Waals surface area contributed by atoms with Gasteiger partial charge in [-0.2, -0.15) is 29.9 Å². The van der Waals surface area contributed by atoms with Crippen LogP contribution in [0.25, 0.3) is 0 Å². The van der Waals surface area contributed by atoms with Gasteiger partial charge in [-0.25, -0.2) is 9.59 Å². The molecule has 4 aromatic carbocycles. The fourth-order valence-electron chi connectivity index (χ4n) is 9.03. The number of nitrogens with one attached hydrogen (secondary N) is 8. The molecular weight excluding hydrogens is 1260 g/mol. The number of hydrogen-bond donors (Lipinski definition) is 9. The predicted molar refractivity (Wildman–Crippen MR) is 353 cm³/mol. The Bertz CT molecular complexity index is 3660. The average molecular weight is 1340 g/mol. The van der Waals surface area contributed by atoms with Crippen LogP contribution in [0.1, 0.15) is 97.1 Å². The van der Waals surface area contributed by atoms with E-state index in [2.05, 4.69) is 72.4 Å². The highest BCUT2D eigenvalue weighted by Gasteiger charge is 2.28. The summed E-state index contributed by atoms with van der Waals surface area (Å²) in [6.07, 6.45) is 6.68. The molecule has 6 heterocycles. The molecule has 518 valence electrons. The second-order valence-electron chi connectivity index (χ2n) is 22.0. The number of methoxy groups -OCH3 is 1. The van der Waals surface area contributed by atoms with Crippen LogP contribution in [0.5, 0.6) is 35.0 Å². The second-order valence-corrected chi connectivity index (χ2v) is 22.0. The van der Waals surface area contributed by atoms with E-state index in [1.54, 1.807) is 24.3 Å². The third-order valence-corrected chi connectivity index (χ3v) is 14.1. The summed E-state index contributed by atoms with van der Waals surface area (Å²) in [6, 6.07) is 22.4. The van der Waals surface area contributed by atoms with E-state index in [-0.39, 0.29) is 71.6 Å². The molecule has 0 saturated heterocycles. The highest BCUT2D eigenvalue weighted by Crippen LogP contribution is 2.29. The van der Waals surface area contributed by atoms with Crippen molar-refractivity contribution in [2.45, 2.75) is 90.4 Å². The van der Waals surface area contributed by atoms with Crippen molar-refractivity contribution in [2.75, 3.05) is 109 Å². The largest absolute Gasteiger partial charge is 0.494 e. The summed E-state index contributed by atoms with van der Waals surface area (Å²) in [6.45, 7) is 6.03. The lowest BCUT2D eigenvalue weighted by atomic mass is 10.1. The zero-order valence-electron chi connectivity index (χ0n) is 55.1. The Balaban J connectivity index is 0.000000273. The fraction of sp³-hybridized carbons (Fsp3) is 0.415. The second kappa shape index (κ2) is 37.5. The number of hydrogen-bond acceptors (Lipinski definition) is 25. The van der Waals surface area contributed by atoms with Crippen LogP contribution >= 0.6 is 0 Å². The van der Waals surface area contributed by atoms with Crippen molar-refractivity contribution in [1.29, 1.82) is 0 Å². The van der Waals surface area contributed by atoms with E-state index in [0.717, 1.165) is 78.1 Å². The van der Waals surface area contributed by atoms with E-state index < -0.39 is 66.0 Å². The highest BCUT2D eigenvalue weighted by molar-refractivity contribution is 6.35. The first-order valence-electron chi connectivity index (χ1n) is 31.5. The Morgan fingerprint density at radius 2 is 0.887 bits per heavy atom. The average Bonchev–Trinajstić information content (AvgIpc) is 0.933. The predicted octanol–water partition coefficient (Wildman–Crippen LogP) is 4.78. The minimum atomic E-state index is -1.52. The summed E-state index contributed by atoms with van der Waals surface area (Å²) >= 11 is 0. The fourth-order valence-corrected chi connectivity index (χ4v) is 9.03. The van der Waals surface area contributed by atoms with E-state index in [1.165, 1.54) is 40.3 Å². The number of carbonyl (C=O) groups excluding carboxylic acids is 7. The van der Waals surface area contributed by atoms with Crippen LogP contribution in [0, 0.1) is 0 Å². The van der Waals surface area contributed by atoms with Crippen molar-refractivity contribution in [2.24, 2.45) is 0 Å². The third kappa shape index (κ3) is 23.6. The smallest absolute Gasteiger partial charge is 0.330 e. The molecule has 0 spiro atoms. The van der Waals surface area contributed by atoms with E-state index in [1.807, 2.05) is 62.4 Å². The normalized spacial score (nSPS) is 13.8. The molecule has 12 bridgehead atoms. The minimum Gasteiger partial charge on any atom is -0.494 e. The molecule has 4 aliphatic heterocycles. The van der Waals surface area contributed by atoms with Crippen LogP contribution in [0.3, 0.4) is 0 Å². The first-order valence-corrected chi connectivity index (χ1v) is 31.5. The van der Waals surface area contributed by atoms with E-state index in [4.69, 9.17) is 33.2 Å². The van der Waals surface area contributed by atoms with Crippen molar-refractivity contribution >= 4 is 82.5 Å². The number of carbonyl (C=O) groups is 8. The summed E-state index contributed by atoms with van der Waals surface area (Å²) in [5, 5.41) is 31.9. The maximum Gasteiger partial charge on any atom is 0.330 e. The topological polar surface area (TPSA) is 401 Å². The van der Waals surface area contributed by atoms with Crippen LogP contribution in [-0.4, -0.2) is 192 Å². The van der Waals surface area contributed by atoms with Crippen LogP contribution in [0.4, 0.5) is 35.2 Å². The van der Waals surface area contributed by atoms with Crippen LogP contribution < -0.4 is 71.0 Å². The van der Waals surface area contributed by atoms with Gasteiger partial charge >= 0.3 is 47.6 Å². The van der Waals surface area contributed by atoms with E-state index >= 15 is 0 Å². The summed E-state index contributed by atoms with van der Waals surface area (Å²) in [7, 11) is 6.77. The number of anilines is 6. The van der Waals surface area contributed by atoms with Crippen molar-refractivity contribution in [3.05, 3.63) is 107 Å². The molecule has 0 unspecified atom stereocenters. The number of aliphatic carboxylic acids is 1. The SMILES string of the molecule is CCOc1nc2nc(n1)Nc1ccc(C(=O)N[C@@H](CNC(=O)C(=O)N(C)C)C(=O)O)c(c1)OCCCCCCOc1ccc(cc1)CN2.CCOc1nc2nc(n1)Nc1ccc(C(=O)N[C@@H](CNC(=O)C(=O)N(C)C)C(=O)OC)c(c1)OCCCCCCOc1ccc(cc1)CN2. The first-order chi connectivity index (χ1) is 46.8. The molecule has 2 atom stereocenters. The quantitative estimate of drug-likeness (QED) is 0.0523. The Morgan fingerprint density at radius 3 is 1.27 bits per heavy atom. The first kappa shape index (κ1) is 73.1. The molecular formula is C65H82N16O16. The summed E-state index contributed by atoms with van der Waals surface area (Å²) in [4.78, 5) is 128. The number of carboxylic acids is 1. The van der Waals surface area contributed by atoms with Gasteiger partial charge in [0, 0.05) is 77.9 Å². The van der Waals surface area contributed by atoms with Gasteiger partial charge in [-0.15, -0.1) is 0 Å². The number of esters is 1. The molecule has 97 heavy (non-hydrogen) atoms. The molecule has 4 aliphatic rings. The summed E-state index contributed by atoms with van der Waals surface area (Å²) in [5.41, 5.74) is 3.16. The molecule has 9 N–H and O–H groups in total. The number of fused-ring (bicyclic) bond motifs is 20. The Hall–Kier alpha value is -11.3. The van der Waals surface area contributed by atoms with Crippen LogP contribution in [0.15, 0.2) is 84.9 Å². The molecule has 0 aliphatic carbocycles. The summed E-state index contributed by atoms with van der Waals surface area (Å²) < 4.78 is 39.8. The third-order valence-electron chi connectivity index (χ3n) is 14.1. The van der Waals surface area contributed by atoms with Crippen molar-refractivity contribution in [3.8, 4) is 35.0 Å². The molecule has 0 radical (unpaired) electrons. The zero-order valence-corrected chi connectivity index (χ0v) is 55.1. The Morgan fingerprint density at radius 1 is 0.505 bits per heavy atom. The monoisotopic (exact) mass is 1340 g/mol. The molecule has 32 heteroatoms. The van der Waals surface area contributed by atoms with Gasteiger partial charge < -0.3 is 90.6 Å². The van der Waals surface area contributed by atoms with Crippen LogP contribution in [-0.2, 0) is 46.6 Å². The molecule has 6 aromatic rings. The maximum atomic E-state index is 13.5. The van der Waals surface area contributed by atoms with Gasteiger partial charge in [-0.1, -0.05) is 24.3 Å². The van der Waals surface area contributed by atoms with Gasteiger partial charge in [-0.3, -0.25) is 28.8 Å². The molecule has 2 aromatic heterocycles. The molecule has 0 fully saturated rings. The zero-order chi connectivity index (χ0) is 69.6. The lowest BCUT2D eigenvalue weighted by Gasteiger charge is -2.19. The van der Waals surface area contributed by atoms with Crippen molar-refractivity contribution in [3.63, 3.8) is 0 Å². The summed E-state index contributed by atoms with van der Waals surface area (Å²) in [5.74, 6) is -4.35. The van der Waals surface area contributed by atoms with Crippen molar-refractivity contribution < 1.29 is 76.6 Å². The van der Waals surface area contributed by atoms with Gasteiger partial charge in [0.15, 0.2) is 0 Å². The molecule has 0 saturated carbocycles. The van der Waals surface area contributed by atoms with Gasteiger partial charge in [-0.05, 0) is 125 Å². The van der Waals surface area contributed by atoms with E-state index in [0.29, 0.717) is 70.3 Å². The van der Waals surface area contributed by atoms with Gasteiger partial charge in [0.1, 0.15) is 35.1 Å². The van der Waals surface area contributed by atoms with Gasteiger partial charge in [0.2, 0.25) is 23.8 Å². The number of aromatic nitrogens is 6. The van der Waals surface area contributed by atoms with Gasteiger partial charge in [0.05, 0.1) is 57.9 Å². The number of nitrogens with zero attached hydrogens (tertiary/aromatic N) is 8.